The number of nitriles is 1. The molecule has 0 aliphatic rings. The van der Waals surface area contributed by atoms with Crippen molar-refractivity contribution in [1.29, 1.82) is 5.26 Å². The molecule has 0 amide bonds. The molecule has 1 unspecified atom stereocenters. The molecule has 0 saturated heterocycles. The molecule has 1 N–H and O–H groups in total. The van der Waals surface area contributed by atoms with Crippen molar-refractivity contribution >= 4 is 5.82 Å². The Morgan fingerprint density at radius 1 is 1.41 bits per heavy atom. The van der Waals surface area contributed by atoms with Gasteiger partial charge in [0.2, 0.25) is 0 Å². The van der Waals surface area contributed by atoms with Gasteiger partial charge in [0.05, 0.1) is 17.7 Å². The van der Waals surface area contributed by atoms with Crippen molar-refractivity contribution in [2.24, 2.45) is 7.05 Å². The Morgan fingerprint density at radius 3 is 2.88 bits per heavy atom. The molecule has 4 heteroatoms. The topological polar surface area (TPSA) is 53.6 Å². The number of nitrogens with zero attached hydrogens (tertiary/aromatic N) is 3. The van der Waals surface area contributed by atoms with Gasteiger partial charge in [0.25, 0.3) is 0 Å². The van der Waals surface area contributed by atoms with Gasteiger partial charge in [0.1, 0.15) is 5.82 Å². The van der Waals surface area contributed by atoms with Crippen molar-refractivity contribution < 1.29 is 0 Å². The maximum atomic E-state index is 8.85. The van der Waals surface area contributed by atoms with Crippen LogP contribution < -0.4 is 5.32 Å². The minimum atomic E-state index is 0.123. The lowest BCUT2D eigenvalue weighted by molar-refractivity contribution is 0.760. The first-order valence-electron chi connectivity index (χ1n) is 5.45. The van der Waals surface area contributed by atoms with E-state index in [9.17, 15) is 0 Å². The molecule has 4 nitrogen and oxygen atoms in total. The average molecular weight is 226 g/mol. The van der Waals surface area contributed by atoms with Crippen molar-refractivity contribution in [3.05, 3.63) is 47.7 Å². The molecule has 1 aromatic heterocycles. The summed E-state index contributed by atoms with van der Waals surface area (Å²) in [5.41, 5.74) is 1.76. The van der Waals surface area contributed by atoms with E-state index in [2.05, 4.69) is 16.5 Å². The first-order chi connectivity index (χ1) is 8.19. The van der Waals surface area contributed by atoms with Crippen LogP contribution in [0, 0.1) is 11.3 Å². The number of rotatable bonds is 3. The van der Waals surface area contributed by atoms with Gasteiger partial charge < -0.3 is 5.32 Å². The largest absolute Gasteiger partial charge is 0.362 e. The summed E-state index contributed by atoms with van der Waals surface area (Å²) < 4.78 is 1.75. The fraction of sp³-hybridized carbons (Fsp3) is 0.231. The summed E-state index contributed by atoms with van der Waals surface area (Å²) in [6.07, 6.45) is 1.89. The summed E-state index contributed by atoms with van der Waals surface area (Å²) in [5, 5.41) is 16.4. The molecule has 0 saturated carbocycles. The van der Waals surface area contributed by atoms with Crippen LogP contribution in [0.15, 0.2) is 36.5 Å². The van der Waals surface area contributed by atoms with Gasteiger partial charge in [-0.15, -0.1) is 0 Å². The summed E-state index contributed by atoms with van der Waals surface area (Å²) in [7, 11) is 1.88. The third-order valence-corrected chi connectivity index (χ3v) is 2.59. The molecule has 0 bridgehead atoms. The van der Waals surface area contributed by atoms with Crippen molar-refractivity contribution in [3.8, 4) is 6.07 Å². The second-order valence-corrected chi connectivity index (χ2v) is 3.98. The van der Waals surface area contributed by atoms with E-state index in [-0.39, 0.29) is 6.04 Å². The van der Waals surface area contributed by atoms with Crippen molar-refractivity contribution in [2.75, 3.05) is 5.32 Å². The minimum absolute atomic E-state index is 0.123. The van der Waals surface area contributed by atoms with Crippen molar-refractivity contribution in [1.82, 2.24) is 9.78 Å². The second-order valence-electron chi connectivity index (χ2n) is 3.98. The molecule has 17 heavy (non-hydrogen) atoms. The normalized spacial score (nSPS) is 11.8. The van der Waals surface area contributed by atoms with Crippen LogP contribution >= 0.6 is 0 Å². The van der Waals surface area contributed by atoms with Crippen LogP contribution in [0.4, 0.5) is 5.82 Å². The highest BCUT2D eigenvalue weighted by Crippen LogP contribution is 2.18. The molecule has 0 fully saturated rings. The van der Waals surface area contributed by atoms with E-state index in [1.165, 1.54) is 0 Å². The smallest absolute Gasteiger partial charge is 0.148 e. The van der Waals surface area contributed by atoms with Crippen molar-refractivity contribution in [3.63, 3.8) is 0 Å². The third kappa shape index (κ3) is 2.64. The number of benzene rings is 1. The van der Waals surface area contributed by atoms with Crippen LogP contribution in [0.5, 0.6) is 0 Å². The van der Waals surface area contributed by atoms with E-state index >= 15 is 0 Å². The monoisotopic (exact) mass is 226 g/mol. The van der Waals surface area contributed by atoms with Gasteiger partial charge in [-0.3, -0.25) is 4.68 Å². The fourth-order valence-corrected chi connectivity index (χ4v) is 1.67. The lowest BCUT2D eigenvalue weighted by Crippen LogP contribution is -2.07. The predicted octanol–water partition coefficient (Wildman–Crippen LogP) is 2.46. The maximum Gasteiger partial charge on any atom is 0.148 e. The molecule has 0 aliphatic carbocycles. The molecule has 1 heterocycles. The molecule has 1 atom stereocenters. The van der Waals surface area contributed by atoms with Crippen LogP contribution in [0.1, 0.15) is 24.1 Å². The number of anilines is 1. The zero-order valence-corrected chi connectivity index (χ0v) is 9.88. The molecule has 2 aromatic rings. The van der Waals surface area contributed by atoms with Gasteiger partial charge in [0, 0.05) is 19.3 Å². The Balaban J connectivity index is 2.14. The van der Waals surface area contributed by atoms with Gasteiger partial charge in [0.15, 0.2) is 0 Å². The Hall–Kier alpha value is -2.28. The zero-order valence-electron chi connectivity index (χ0n) is 9.88. The fourth-order valence-electron chi connectivity index (χ4n) is 1.67. The summed E-state index contributed by atoms with van der Waals surface area (Å²) in [5.74, 6) is 0.836. The summed E-state index contributed by atoms with van der Waals surface area (Å²) in [6.45, 7) is 2.05. The minimum Gasteiger partial charge on any atom is -0.362 e. The Kier molecular flexibility index (Phi) is 3.10. The summed E-state index contributed by atoms with van der Waals surface area (Å²) in [4.78, 5) is 0. The molecule has 86 valence electrons. The summed E-state index contributed by atoms with van der Waals surface area (Å²) in [6, 6.07) is 11.8. The molecule has 0 aliphatic heterocycles. The lowest BCUT2D eigenvalue weighted by Gasteiger charge is -2.13. The lowest BCUT2D eigenvalue weighted by atomic mass is 10.1. The Bertz CT molecular complexity index is 551. The number of hydrogen-bond donors (Lipinski definition) is 1. The van der Waals surface area contributed by atoms with Gasteiger partial charge in [-0.1, -0.05) is 12.1 Å². The van der Waals surface area contributed by atoms with E-state index in [1.807, 2.05) is 44.4 Å². The quantitative estimate of drug-likeness (QED) is 0.874. The van der Waals surface area contributed by atoms with E-state index in [0.29, 0.717) is 5.56 Å². The van der Waals surface area contributed by atoms with Gasteiger partial charge >= 0.3 is 0 Å². The van der Waals surface area contributed by atoms with Crippen LogP contribution in [-0.4, -0.2) is 9.78 Å². The Morgan fingerprint density at radius 2 is 2.24 bits per heavy atom. The first kappa shape index (κ1) is 11.2. The van der Waals surface area contributed by atoms with Gasteiger partial charge in [-0.25, -0.2) is 0 Å². The number of nitrogens with one attached hydrogen (secondary N) is 1. The molecule has 2 rings (SSSR count). The van der Waals surface area contributed by atoms with Crippen LogP contribution in [0.25, 0.3) is 0 Å². The molecular weight excluding hydrogens is 212 g/mol. The SMILES string of the molecule is CC(Nc1ccn(C)n1)c1cccc(C#N)c1. The molecular formula is C13H14N4. The zero-order chi connectivity index (χ0) is 12.3. The van der Waals surface area contributed by atoms with Crippen molar-refractivity contribution in [2.45, 2.75) is 13.0 Å². The van der Waals surface area contributed by atoms with E-state index < -0.39 is 0 Å². The van der Waals surface area contributed by atoms with Gasteiger partial charge in [-0.2, -0.15) is 10.4 Å². The molecule has 1 aromatic carbocycles. The molecule has 0 radical (unpaired) electrons. The standard InChI is InChI=1S/C13H14N4/c1-10(15-13-6-7-17(2)16-13)12-5-3-4-11(8-12)9-14/h3-8,10H,1-2H3,(H,15,16). The van der Waals surface area contributed by atoms with Crippen LogP contribution in [0.3, 0.4) is 0 Å². The second kappa shape index (κ2) is 4.71. The van der Waals surface area contributed by atoms with E-state index in [0.717, 1.165) is 11.4 Å². The predicted molar refractivity (Wildman–Crippen MR) is 66.4 cm³/mol. The third-order valence-electron chi connectivity index (χ3n) is 2.59. The summed E-state index contributed by atoms with van der Waals surface area (Å²) >= 11 is 0. The van der Waals surface area contributed by atoms with Gasteiger partial charge in [-0.05, 0) is 24.6 Å². The number of aryl methyl sites for hydroxylation is 1. The Labute approximate surface area is 100 Å². The van der Waals surface area contributed by atoms with E-state index in [1.54, 1.807) is 10.7 Å². The highest BCUT2D eigenvalue weighted by Gasteiger charge is 2.07. The highest BCUT2D eigenvalue weighted by molar-refractivity contribution is 5.40. The number of hydrogen-bond acceptors (Lipinski definition) is 3. The number of aromatic nitrogens is 2. The van der Waals surface area contributed by atoms with E-state index in [4.69, 9.17) is 5.26 Å². The molecule has 0 spiro atoms. The van der Waals surface area contributed by atoms with Crippen LogP contribution in [-0.2, 0) is 7.05 Å². The highest BCUT2D eigenvalue weighted by atomic mass is 15.3. The average Bonchev–Trinajstić information content (AvgIpc) is 2.75. The maximum absolute atomic E-state index is 8.85. The first-order valence-corrected chi connectivity index (χ1v) is 5.45. The van der Waals surface area contributed by atoms with Crippen LogP contribution in [0.2, 0.25) is 0 Å².